The van der Waals surface area contributed by atoms with Crippen LogP contribution in [0.4, 0.5) is 0 Å². The standard InChI is InChI=1S/C25H28O4/c1-17-6-8-18(9-7-17)12-19-15-25(29-5)21(16-24(19)28-4)13-20-14-22(26-2)10-11-23(20)27-3/h6-11,14-16H,12-13H2,1-5H3. The maximum absolute atomic E-state index is 5.72. The fourth-order valence-corrected chi connectivity index (χ4v) is 3.45. The van der Waals surface area contributed by atoms with Crippen molar-refractivity contribution >= 4 is 0 Å². The highest BCUT2D eigenvalue weighted by atomic mass is 16.5. The lowest BCUT2D eigenvalue weighted by atomic mass is 9.97. The van der Waals surface area contributed by atoms with Crippen molar-refractivity contribution in [3.05, 3.63) is 82.4 Å². The van der Waals surface area contributed by atoms with Crippen LogP contribution in [0.2, 0.25) is 0 Å². The van der Waals surface area contributed by atoms with Crippen molar-refractivity contribution in [2.24, 2.45) is 0 Å². The average Bonchev–Trinajstić information content (AvgIpc) is 2.75. The molecule has 0 N–H and O–H groups in total. The van der Waals surface area contributed by atoms with Gasteiger partial charge < -0.3 is 18.9 Å². The summed E-state index contributed by atoms with van der Waals surface area (Å²) in [4.78, 5) is 0. The van der Waals surface area contributed by atoms with E-state index in [1.54, 1.807) is 28.4 Å². The summed E-state index contributed by atoms with van der Waals surface area (Å²) in [5.74, 6) is 3.29. The number of rotatable bonds is 8. The molecule has 0 heterocycles. The molecule has 0 atom stereocenters. The van der Waals surface area contributed by atoms with Crippen LogP contribution in [0.15, 0.2) is 54.6 Å². The van der Waals surface area contributed by atoms with E-state index in [1.807, 2.05) is 18.2 Å². The van der Waals surface area contributed by atoms with Gasteiger partial charge in [-0.3, -0.25) is 0 Å². The number of aryl methyl sites for hydroxylation is 1. The van der Waals surface area contributed by atoms with E-state index in [1.165, 1.54) is 11.1 Å². The van der Waals surface area contributed by atoms with Gasteiger partial charge in [-0.25, -0.2) is 0 Å². The number of benzene rings is 3. The highest BCUT2D eigenvalue weighted by Crippen LogP contribution is 2.34. The van der Waals surface area contributed by atoms with Gasteiger partial charge in [0, 0.05) is 29.5 Å². The van der Waals surface area contributed by atoms with Gasteiger partial charge in [-0.1, -0.05) is 29.8 Å². The first-order chi connectivity index (χ1) is 14.1. The molecule has 29 heavy (non-hydrogen) atoms. The van der Waals surface area contributed by atoms with Crippen LogP contribution >= 0.6 is 0 Å². The molecule has 0 aromatic heterocycles. The molecule has 0 bridgehead atoms. The summed E-state index contributed by atoms with van der Waals surface area (Å²) in [6.45, 7) is 2.09. The van der Waals surface area contributed by atoms with E-state index in [-0.39, 0.29) is 0 Å². The van der Waals surface area contributed by atoms with Crippen LogP contribution in [-0.2, 0) is 12.8 Å². The Kier molecular flexibility index (Phi) is 6.65. The van der Waals surface area contributed by atoms with Crippen molar-refractivity contribution < 1.29 is 18.9 Å². The molecule has 4 nitrogen and oxygen atoms in total. The molecule has 0 fully saturated rings. The fraction of sp³-hybridized carbons (Fsp3) is 0.280. The number of hydrogen-bond donors (Lipinski definition) is 0. The summed E-state index contributed by atoms with van der Waals surface area (Å²) in [5, 5.41) is 0. The monoisotopic (exact) mass is 392 g/mol. The van der Waals surface area contributed by atoms with Gasteiger partial charge in [0.15, 0.2) is 0 Å². The van der Waals surface area contributed by atoms with Crippen LogP contribution in [0.25, 0.3) is 0 Å². The van der Waals surface area contributed by atoms with E-state index in [9.17, 15) is 0 Å². The van der Waals surface area contributed by atoms with Gasteiger partial charge in [-0.05, 0) is 42.8 Å². The molecule has 3 rings (SSSR count). The molecule has 0 aliphatic rings. The van der Waals surface area contributed by atoms with E-state index in [2.05, 4.69) is 43.3 Å². The molecular weight excluding hydrogens is 364 g/mol. The second-order valence-electron chi connectivity index (χ2n) is 6.99. The van der Waals surface area contributed by atoms with Crippen LogP contribution in [0.5, 0.6) is 23.0 Å². The van der Waals surface area contributed by atoms with Crippen LogP contribution in [0.3, 0.4) is 0 Å². The van der Waals surface area contributed by atoms with Gasteiger partial charge in [0.25, 0.3) is 0 Å². The molecule has 152 valence electrons. The third kappa shape index (κ3) is 4.83. The molecule has 0 amide bonds. The lowest BCUT2D eigenvalue weighted by Crippen LogP contribution is -2.01. The van der Waals surface area contributed by atoms with Gasteiger partial charge in [-0.15, -0.1) is 0 Å². The predicted molar refractivity (Wildman–Crippen MR) is 116 cm³/mol. The Labute approximate surface area is 173 Å². The molecule has 0 spiro atoms. The summed E-state index contributed by atoms with van der Waals surface area (Å²) in [6, 6.07) is 18.5. The number of hydrogen-bond acceptors (Lipinski definition) is 4. The smallest absolute Gasteiger partial charge is 0.122 e. The lowest BCUT2D eigenvalue weighted by molar-refractivity contribution is 0.393. The van der Waals surface area contributed by atoms with E-state index < -0.39 is 0 Å². The highest BCUT2D eigenvalue weighted by molar-refractivity contribution is 5.52. The van der Waals surface area contributed by atoms with Gasteiger partial charge >= 0.3 is 0 Å². The van der Waals surface area contributed by atoms with Crippen molar-refractivity contribution in [3.8, 4) is 23.0 Å². The van der Waals surface area contributed by atoms with Crippen molar-refractivity contribution in [1.82, 2.24) is 0 Å². The Morgan fingerprint density at radius 1 is 0.552 bits per heavy atom. The van der Waals surface area contributed by atoms with Gasteiger partial charge in [0.2, 0.25) is 0 Å². The first-order valence-electron chi connectivity index (χ1n) is 9.58. The third-order valence-electron chi connectivity index (χ3n) is 5.07. The zero-order chi connectivity index (χ0) is 20.8. The Bertz CT molecular complexity index is 961. The summed E-state index contributed by atoms with van der Waals surface area (Å²) in [5.41, 5.74) is 5.63. The quantitative estimate of drug-likeness (QED) is 0.527. The zero-order valence-corrected chi connectivity index (χ0v) is 17.7. The molecule has 0 radical (unpaired) electrons. The Balaban J connectivity index is 1.97. The Morgan fingerprint density at radius 2 is 1.10 bits per heavy atom. The topological polar surface area (TPSA) is 36.9 Å². The number of ether oxygens (including phenoxy) is 4. The van der Waals surface area contributed by atoms with Crippen LogP contribution in [-0.4, -0.2) is 28.4 Å². The summed E-state index contributed by atoms with van der Waals surface area (Å²) < 4.78 is 22.3. The van der Waals surface area contributed by atoms with Crippen molar-refractivity contribution in [3.63, 3.8) is 0 Å². The SMILES string of the molecule is COc1ccc(OC)c(Cc2cc(OC)c(Cc3ccc(C)cc3)cc2OC)c1. The average molecular weight is 392 g/mol. The van der Waals surface area contributed by atoms with Crippen LogP contribution in [0.1, 0.15) is 27.8 Å². The normalized spacial score (nSPS) is 10.5. The molecule has 4 heteroatoms. The van der Waals surface area contributed by atoms with Gasteiger partial charge in [0.05, 0.1) is 28.4 Å². The van der Waals surface area contributed by atoms with Crippen molar-refractivity contribution in [2.45, 2.75) is 19.8 Å². The highest BCUT2D eigenvalue weighted by Gasteiger charge is 2.15. The lowest BCUT2D eigenvalue weighted by Gasteiger charge is -2.17. The van der Waals surface area contributed by atoms with E-state index in [0.717, 1.165) is 46.1 Å². The van der Waals surface area contributed by atoms with Crippen molar-refractivity contribution in [1.29, 1.82) is 0 Å². The van der Waals surface area contributed by atoms with Gasteiger partial charge in [-0.2, -0.15) is 0 Å². The predicted octanol–water partition coefficient (Wildman–Crippen LogP) is 5.21. The summed E-state index contributed by atoms with van der Waals surface area (Å²) in [7, 11) is 6.74. The zero-order valence-electron chi connectivity index (χ0n) is 17.7. The maximum atomic E-state index is 5.72. The van der Waals surface area contributed by atoms with E-state index >= 15 is 0 Å². The third-order valence-corrected chi connectivity index (χ3v) is 5.07. The molecule has 0 saturated carbocycles. The largest absolute Gasteiger partial charge is 0.497 e. The van der Waals surface area contributed by atoms with Crippen LogP contribution < -0.4 is 18.9 Å². The Morgan fingerprint density at radius 3 is 1.66 bits per heavy atom. The van der Waals surface area contributed by atoms with E-state index in [0.29, 0.717) is 6.42 Å². The summed E-state index contributed by atoms with van der Waals surface area (Å²) >= 11 is 0. The Hall–Kier alpha value is -3.14. The maximum Gasteiger partial charge on any atom is 0.122 e. The molecule has 0 saturated heterocycles. The molecule has 0 unspecified atom stereocenters. The van der Waals surface area contributed by atoms with Crippen molar-refractivity contribution in [2.75, 3.05) is 28.4 Å². The fourth-order valence-electron chi connectivity index (χ4n) is 3.45. The molecule has 0 aliphatic carbocycles. The van der Waals surface area contributed by atoms with Crippen LogP contribution in [0, 0.1) is 6.92 Å². The first-order valence-corrected chi connectivity index (χ1v) is 9.58. The minimum Gasteiger partial charge on any atom is -0.497 e. The minimum atomic E-state index is 0.644. The molecule has 3 aromatic rings. The number of methoxy groups -OCH3 is 4. The molecular formula is C25H28O4. The second kappa shape index (κ2) is 9.37. The first kappa shape index (κ1) is 20.6. The molecule has 0 aliphatic heterocycles. The minimum absolute atomic E-state index is 0.644. The summed E-state index contributed by atoms with van der Waals surface area (Å²) in [6.07, 6.45) is 1.42. The second-order valence-corrected chi connectivity index (χ2v) is 6.99. The van der Waals surface area contributed by atoms with E-state index in [4.69, 9.17) is 18.9 Å². The molecule has 3 aromatic carbocycles. The van der Waals surface area contributed by atoms with Gasteiger partial charge in [0.1, 0.15) is 23.0 Å².